The minimum atomic E-state index is -0.0513. The van der Waals surface area contributed by atoms with Gasteiger partial charge in [0.15, 0.2) is 0 Å². The zero-order chi connectivity index (χ0) is 16.9. The van der Waals surface area contributed by atoms with Gasteiger partial charge in [-0.05, 0) is 36.1 Å². The Hall–Kier alpha value is -2.69. The summed E-state index contributed by atoms with van der Waals surface area (Å²) < 4.78 is 0. The molecule has 5 nitrogen and oxygen atoms in total. The molecule has 0 saturated carbocycles. The van der Waals surface area contributed by atoms with E-state index in [1.807, 2.05) is 47.4 Å². The quantitative estimate of drug-likeness (QED) is 0.918. The predicted octanol–water partition coefficient (Wildman–Crippen LogP) is 2.31. The van der Waals surface area contributed by atoms with Crippen molar-refractivity contribution in [2.75, 3.05) is 11.4 Å². The SMILES string of the molecule is CC(=O)NCc1ccc(C[C@H]2CC(=O)N(c3ccccc3)C2)nc1. The second-order valence-corrected chi connectivity index (χ2v) is 6.18. The molecule has 1 saturated heterocycles. The van der Waals surface area contributed by atoms with E-state index in [-0.39, 0.29) is 17.7 Å². The number of aromatic nitrogens is 1. The van der Waals surface area contributed by atoms with Crippen molar-refractivity contribution in [3.05, 3.63) is 59.9 Å². The summed E-state index contributed by atoms with van der Waals surface area (Å²) in [7, 11) is 0. The summed E-state index contributed by atoms with van der Waals surface area (Å²) in [6, 6.07) is 13.7. The van der Waals surface area contributed by atoms with E-state index < -0.39 is 0 Å². The van der Waals surface area contributed by atoms with Gasteiger partial charge in [-0.3, -0.25) is 14.6 Å². The highest BCUT2D eigenvalue weighted by Gasteiger charge is 2.30. The fourth-order valence-corrected chi connectivity index (χ4v) is 2.98. The Morgan fingerprint density at radius 2 is 2.04 bits per heavy atom. The molecular formula is C19H21N3O2. The highest BCUT2D eigenvalue weighted by Crippen LogP contribution is 2.26. The molecule has 0 aliphatic carbocycles. The van der Waals surface area contributed by atoms with Crippen LogP contribution in [-0.4, -0.2) is 23.3 Å². The van der Waals surface area contributed by atoms with Gasteiger partial charge >= 0.3 is 0 Å². The number of hydrogen-bond acceptors (Lipinski definition) is 3. The van der Waals surface area contributed by atoms with Crippen LogP contribution in [0.1, 0.15) is 24.6 Å². The van der Waals surface area contributed by atoms with Gasteiger partial charge in [0.1, 0.15) is 0 Å². The summed E-state index contributed by atoms with van der Waals surface area (Å²) in [6.45, 7) is 2.72. The van der Waals surface area contributed by atoms with Crippen LogP contribution < -0.4 is 10.2 Å². The third kappa shape index (κ3) is 3.98. The average molecular weight is 323 g/mol. The lowest BCUT2D eigenvalue weighted by molar-refractivity contribution is -0.119. The van der Waals surface area contributed by atoms with Gasteiger partial charge in [-0.1, -0.05) is 24.3 Å². The van der Waals surface area contributed by atoms with Crippen LogP contribution in [0.25, 0.3) is 0 Å². The molecule has 24 heavy (non-hydrogen) atoms. The molecule has 124 valence electrons. The first kappa shape index (κ1) is 16.2. The molecule has 2 aromatic rings. The first-order valence-corrected chi connectivity index (χ1v) is 8.15. The molecule has 0 bridgehead atoms. The summed E-state index contributed by atoms with van der Waals surface area (Å²) in [5.41, 5.74) is 2.92. The third-order valence-corrected chi connectivity index (χ3v) is 4.20. The van der Waals surface area contributed by atoms with Crippen LogP contribution in [0, 0.1) is 5.92 Å². The minimum Gasteiger partial charge on any atom is -0.352 e. The fraction of sp³-hybridized carbons (Fsp3) is 0.316. The Morgan fingerprint density at radius 1 is 1.25 bits per heavy atom. The number of carbonyl (C=O) groups excluding carboxylic acids is 2. The van der Waals surface area contributed by atoms with Gasteiger partial charge in [-0.2, -0.15) is 0 Å². The molecule has 5 heteroatoms. The summed E-state index contributed by atoms with van der Waals surface area (Å²) in [5.74, 6) is 0.407. The van der Waals surface area contributed by atoms with Crippen molar-refractivity contribution < 1.29 is 9.59 Å². The summed E-state index contributed by atoms with van der Waals surface area (Å²) in [5, 5.41) is 2.75. The van der Waals surface area contributed by atoms with E-state index in [1.165, 1.54) is 6.92 Å². The standard InChI is InChI=1S/C19H21N3O2/c1-14(23)20-11-15-7-8-17(21-12-15)9-16-10-19(24)22(13-16)18-5-3-2-4-6-18/h2-8,12,16H,9-11,13H2,1H3,(H,20,23)/t16-/m0/s1. The second kappa shape index (κ2) is 7.25. The van der Waals surface area contributed by atoms with Crippen LogP contribution in [-0.2, 0) is 22.6 Å². The van der Waals surface area contributed by atoms with Gasteiger partial charge in [0.2, 0.25) is 11.8 Å². The van der Waals surface area contributed by atoms with Gasteiger partial charge in [0.25, 0.3) is 0 Å². The predicted molar refractivity (Wildman–Crippen MR) is 92.4 cm³/mol. The molecule has 1 N–H and O–H groups in total. The average Bonchev–Trinajstić information content (AvgIpc) is 2.95. The first-order valence-electron chi connectivity index (χ1n) is 8.15. The number of nitrogens with one attached hydrogen (secondary N) is 1. The topological polar surface area (TPSA) is 62.3 Å². The molecule has 1 atom stereocenters. The van der Waals surface area contributed by atoms with Crippen LogP contribution in [0.5, 0.6) is 0 Å². The Morgan fingerprint density at radius 3 is 2.71 bits per heavy atom. The molecule has 2 heterocycles. The Kier molecular flexibility index (Phi) is 4.89. The smallest absolute Gasteiger partial charge is 0.227 e. The lowest BCUT2D eigenvalue weighted by Gasteiger charge is -2.16. The number of benzene rings is 1. The van der Waals surface area contributed by atoms with E-state index in [1.54, 1.807) is 6.20 Å². The number of hydrogen-bond donors (Lipinski definition) is 1. The monoisotopic (exact) mass is 323 g/mol. The van der Waals surface area contributed by atoms with Crippen LogP contribution in [0.4, 0.5) is 5.69 Å². The van der Waals surface area contributed by atoms with Crippen molar-refractivity contribution in [1.29, 1.82) is 0 Å². The van der Waals surface area contributed by atoms with E-state index in [4.69, 9.17) is 0 Å². The summed E-state index contributed by atoms with van der Waals surface area (Å²) in [4.78, 5) is 29.5. The van der Waals surface area contributed by atoms with Gasteiger partial charge in [-0.25, -0.2) is 0 Å². The number of rotatable bonds is 5. The number of para-hydroxylation sites is 1. The van der Waals surface area contributed by atoms with Crippen LogP contribution in [0.3, 0.4) is 0 Å². The number of amides is 2. The molecule has 0 radical (unpaired) electrons. The Bertz CT molecular complexity index is 713. The lowest BCUT2D eigenvalue weighted by atomic mass is 10.0. The highest BCUT2D eigenvalue weighted by atomic mass is 16.2. The molecule has 1 aliphatic rings. The van der Waals surface area contributed by atoms with Crippen molar-refractivity contribution in [2.45, 2.75) is 26.3 Å². The van der Waals surface area contributed by atoms with E-state index in [2.05, 4.69) is 10.3 Å². The van der Waals surface area contributed by atoms with E-state index in [0.717, 1.165) is 29.9 Å². The second-order valence-electron chi connectivity index (χ2n) is 6.18. The lowest BCUT2D eigenvalue weighted by Crippen LogP contribution is -2.24. The Balaban J connectivity index is 1.59. The molecule has 1 fully saturated rings. The number of carbonyl (C=O) groups is 2. The van der Waals surface area contributed by atoms with E-state index in [0.29, 0.717) is 13.0 Å². The van der Waals surface area contributed by atoms with Crippen molar-refractivity contribution in [2.24, 2.45) is 5.92 Å². The Labute approximate surface area is 141 Å². The highest BCUT2D eigenvalue weighted by molar-refractivity contribution is 5.95. The zero-order valence-corrected chi connectivity index (χ0v) is 13.7. The number of anilines is 1. The van der Waals surface area contributed by atoms with Crippen molar-refractivity contribution >= 4 is 17.5 Å². The summed E-state index contributed by atoms with van der Waals surface area (Å²) >= 11 is 0. The van der Waals surface area contributed by atoms with Crippen LogP contribution >= 0.6 is 0 Å². The fourth-order valence-electron chi connectivity index (χ4n) is 2.98. The molecule has 0 unspecified atom stereocenters. The maximum absolute atomic E-state index is 12.2. The third-order valence-electron chi connectivity index (χ3n) is 4.20. The van der Waals surface area contributed by atoms with Gasteiger partial charge in [-0.15, -0.1) is 0 Å². The van der Waals surface area contributed by atoms with Crippen LogP contribution in [0.15, 0.2) is 48.7 Å². The van der Waals surface area contributed by atoms with E-state index in [9.17, 15) is 9.59 Å². The molecule has 1 aromatic carbocycles. The van der Waals surface area contributed by atoms with Gasteiger partial charge in [0, 0.05) is 44.0 Å². The number of nitrogens with zero attached hydrogens (tertiary/aromatic N) is 2. The van der Waals surface area contributed by atoms with E-state index >= 15 is 0 Å². The van der Waals surface area contributed by atoms with Crippen LogP contribution in [0.2, 0.25) is 0 Å². The first-order chi connectivity index (χ1) is 11.6. The van der Waals surface area contributed by atoms with Gasteiger partial charge < -0.3 is 10.2 Å². The molecule has 3 rings (SSSR count). The maximum atomic E-state index is 12.2. The molecule has 1 aliphatic heterocycles. The molecule has 2 amide bonds. The number of pyridine rings is 1. The molecule has 0 spiro atoms. The summed E-state index contributed by atoms with van der Waals surface area (Å²) in [6.07, 6.45) is 3.14. The van der Waals surface area contributed by atoms with Crippen molar-refractivity contribution in [1.82, 2.24) is 10.3 Å². The molecular weight excluding hydrogens is 302 g/mol. The van der Waals surface area contributed by atoms with Crippen molar-refractivity contribution in [3.8, 4) is 0 Å². The minimum absolute atomic E-state index is 0.0513. The van der Waals surface area contributed by atoms with Crippen molar-refractivity contribution in [3.63, 3.8) is 0 Å². The normalized spacial score (nSPS) is 17.1. The van der Waals surface area contributed by atoms with Gasteiger partial charge in [0.05, 0.1) is 0 Å². The largest absolute Gasteiger partial charge is 0.352 e. The zero-order valence-electron chi connectivity index (χ0n) is 13.7. The molecule has 1 aromatic heterocycles. The maximum Gasteiger partial charge on any atom is 0.227 e.